The van der Waals surface area contributed by atoms with Crippen molar-refractivity contribution in [1.29, 1.82) is 0 Å². The lowest BCUT2D eigenvalue weighted by Crippen LogP contribution is -2.25. The first-order valence-corrected chi connectivity index (χ1v) is 6.57. The van der Waals surface area contributed by atoms with Crippen LogP contribution in [0, 0.1) is 0 Å². The minimum atomic E-state index is -0.0631. The molecule has 1 amide bonds. The van der Waals surface area contributed by atoms with Gasteiger partial charge >= 0.3 is 0 Å². The van der Waals surface area contributed by atoms with E-state index in [0.717, 1.165) is 17.5 Å². The van der Waals surface area contributed by atoms with Crippen molar-refractivity contribution in [2.24, 2.45) is 7.05 Å². The van der Waals surface area contributed by atoms with Crippen LogP contribution >= 0.6 is 0 Å². The van der Waals surface area contributed by atoms with Crippen molar-refractivity contribution in [2.45, 2.75) is 6.42 Å². The van der Waals surface area contributed by atoms with Crippen molar-refractivity contribution in [1.82, 2.24) is 15.1 Å². The normalized spacial score (nSPS) is 10.5. The van der Waals surface area contributed by atoms with Gasteiger partial charge in [-0.3, -0.25) is 9.48 Å². The zero-order valence-corrected chi connectivity index (χ0v) is 11.8. The third kappa shape index (κ3) is 3.68. The molecule has 0 fully saturated rings. The molecule has 2 rings (SSSR count). The minimum absolute atomic E-state index is 0.0631. The van der Waals surface area contributed by atoms with E-state index in [-0.39, 0.29) is 5.91 Å². The second kappa shape index (κ2) is 6.86. The van der Waals surface area contributed by atoms with Gasteiger partial charge in [0.2, 0.25) is 0 Å². The van der Waals surface area contributed by atoms with Gasteiger partial charge in [-0.2, -0.15) is 5.10 Å². The number of nitrogens with one attached hydrogen (secondary N) is 1. The highest BCUT2D eigenvalue weighted by Crippen LogP contribution is 2.19. The first kappa shape index (κ1) is 14.3. The second-order valence-corrected chi connectivity index (χ2v) is 4.59. The van der Waals surface area contributed by atoms with Gasteiger partial charge in [-0.25, -0.2) is 0 Å². The Kier molecular flexibility index (Phi) is 4.90. The lowest BCUT2D eigenvalue weighted by Gasteiger charge is -2.06. The van der Waals surface area contributed by atoms with E-state index in [0.29, 0.717) is 18.7 Å². The molecule has 0 atom stereocenters. The third-order valence-electron chi connectivity index (χ3n) is 2.97. The molecule has 5 nitrogen and oxygen atoms in total. The predicted octanol–water partition coefficient (Wildman–Crippen LogP) is 1.85. The standard InChI is InChI=1S/C15H19N3O2/c1-18-11-14(10-17-18)12-5-3-6-13(9-12)15(19)16-7-4-8-20-2/h3,5-6,9-11H,4,7-8H2,1-2H3,(H,16,19). The molecule has 0 bridgehead atoms. The summed E-state index contributed by atoms with van der Waals surface area (Å²) in [4.78, 5) is 12.0. The summed E-state index contributed by atoms with van der Waals surface area (Å²) in [7, 11) is 3.52. The van der Waals surface area contributed by atoms with Crippen molar-refractivity contribution >= 4 is 5.91 Å². The maximum absolute atomic E-state index is 12.0. The Morgan fingerprint density at radius 2 is 2.25 bits per heavy atom. The molecule has 1 heterocycles. The zero-order valence-electron chi connectivity index (χ0n) is 11.8. The van der Waals surface area contributed by atoms with Crippen LogP contribution in [0.1, 0.15) is 16.8 Å². The van der Waals surface area contributed by atoms with Gasteiger partial charge in [0.1, 0.15) is 0 Å². The molecular formula is C15H19N3O2. The molecule has 0 saturated carbocycles. The molecule has 0 radical (unpaired) electrons. The Hall–Kier alpha value is -2.14. The van der Waals surface area contributed by atoms with Crippen LogP contribution in [0.2, 0.25) is 0 Å². The van der Waals surface area contributed by atoms with E-state index < -0.39 is 0 Å². The van der Waals surface area contributed by atoms with Crippen molar-refractivity contribution in [2.75, 3.05) is 20.3 Å². The van der Waals surface area contributed by atoms with Crippen LogP contribution < -0.4 is 5.32 Å². The maximum atomic E-state index is 12.0. The molecule has 1 aromatic heterocycles. The van der Waals surface area contributed by atoms with Gasteiger partial charge in [-0.05, 0) is 24.1 Å². The largest absolute Gasteiger partial charge is 0.385 e. The van der Waals surface area contributed by atoms with Crippen molar-refractivity contribution in [3.63, 3.8) is 0 Å². The average Bonchev–Trinajstić information content (AvgIpc) is 2.90. The monoisotopic (exact) mass is 273 g/mol. The van der Waals surface area contributed by atoms with Crippen LogP contribution in [0.4, 0.5) is 0 Å². The lowest BCUT2D eigenvalue weighted by molar-refractivity contribution is 0.0948. The third-order valence-corrected chi connectivity index (χ3v) is 2.97. The number of amides is 1. The van der Waals surface area contributed by atoms with E-state index in [9.17, 15) is 4.79 Å². The Balaban J connectivity index is 2.04. The highest BCUT2D eigenvalue weighted by Gasteiger charge is 2.07. The molecule has 0 aliphatic rings. The van der Waals surface area contributed by atoms with Gasteiger partial charge in [0.05, 0.1) is 6.20 Å². The number of hydrogen-bond acceptors (Lipinski definition) is 3. The number of rotatable bonds is 6. The van der Waals surface area contributed by atoms with Gasteiger partial charge in [0.25, 0.3) is 5.91 Å². The summed E-state index contributed by atoms with van der Waals surface area (Å²) in [6, 6.07) is 7.54. The number of carbonyl (C=O) groups is 1. The van der Waals surface area contributed by atoms with E-state index in [2.05, 4.69) is 10.4 Å². The number of aryl methyl sites for hydroxylation is 1. The van der Waals surface area contributed by atoms with Gasteiger partial charge in [-0.1, -0.05) is 12.1 Å². The molecule has 1 N–H and O–H groups in total. The number of hydrogen-bond donors (Lipinski definition) is 1. The minimum Gasteiger partial charge on any atom is -0.385 e. The van der Waals surface area contributed by atoms with Crippen molar-refractivity contribution in [3.05, 3.63) is 42.2 Å². The fourth-order valence-corrected chi connectivity index (χ4v) is 1.93. The summed E-state index contributed by atoms with van der Waals surface area (Å²) in [6.45, 7) is 1.26. The highest BCUT2D eigenvalue weighted by molar-refractivity contribution is 5.95. The number of benzene rings is 1. The molecule has 106 valence electrons. The van der Waals surface area contributed by atoms with Crippen molar-refractivity contribution in [3.8, 4) is 11.1 Å². The molecule has 0 spiro atoms. The van der Waals surface area contributed by atoms with E-state index >= 15 is 0 Å². The van der Waals surface area contributed by atoms with Crippen LogP contribution in [0.15, 0.2) is 36.7 Å². The predicted molar refractivity (Wildman–Crippen MR) is 77.5 cm³/mol. The zero-order chi connectivity index (χ0) is 14.4. The Morgan fingerprint density at radius 3 is 2.95 bits per heavy atom. The number of methoxy groups -OCH3 is 1. The Bertz CT molecular complexity index is 578. The second-order valence-electron chi connectivity index (χ2n) is 4.59. The van der Waals surface area contributed by atoms with Gasteiger partial charge in [-0.15, -0.1) is 0 Å². The van der Waals surface area contributed by atoms with E-state index in [1.54, 1.807) is 18.0 Å². The van der Waals surface area contributed by atoms with Crippen LogP contribution in [0.5, 0.6) is 0 Å². The van der Waals surface area contributed by atoms with Crippen LogP contribution in [0.3, 0.4) is 0 Å². The SMILES string of the molecule is COCCCNC(=O)c1cccc(-c2cnn(C)c2)c1. The number of aromatic nitrogens is 2. The summed E-state index contributed by atoms with van der Waals surface area (Å²) in [5, 5.41) is 7.02. The summed E-state index contributed by atoms with van der Waals surface area (Å²) in [6.07, 6.45) is 4.52. The first-order chi connectivity index (χ1) is 9.70. The van der Waals surface area contributed by atoms with Crippen molar-refractivity contribution < 1.29 is 9.53 Å². The van der Waals surface area contributed by atoms with E-state index in [1.165, 1.54) is 0 Å². The molecule has 0 unspecified atom stereocenters. The van der Waals surface area contributed by atoms with Gasteiger partial charge in [0.15, 0.2) is 0 Å². The highest BCUT2D eigenvalue weighted by atomic mass is 16.5. The summed E-state index contributed by atoms with van der Waals surface area (Å²) >= 11 is 0. The Morgan fingerprint density at radius 1 is 1.40 bits per heavy atom. The fourth-order valence-electron chi connectivity index (χ4n) is 1.93. The molecule has 2 aromatic rings. The van der Waals surface area contributed by atoms with Gasteiger partial charge in [0, 0.05) is 44.6 Å². The summed E-state index contributed by atoms with van der Waals surface area (Å²) < 4.78 is 6.69. The topological polar surface area (TPSA) is 56.1 Å². The van der Waals surface area contributed by atoms with E-state index in [1.807, 2.05) is 37.5 Å². The smallest absolute Gasteiger partial charge is 0.251 e. The Labute approximate surface area is 118 Å². The molecule has 0 aliphatic heterocycles. The first-order valence-electron chi connectivity index (χ1n) is 6.57. The average molecular weight is 273 g/mol. The molecule has 0 saturated heterocycles. The lowest BCUT2D eigenvalue weighted by atomic mass is 10.1. The van der Waals surface area contributed by atoms with E-state index in [4.69, 9.17) is 4.74 Å². The molecule has 5 heteroatoms. The van der Waals surface area contributed by atoms with Crippen LogP contribution in [-0.4, -0.2) is 35.9 Å². The van der Waals surface area contributed by atoms with Crippen LogP contribution in [0.25, 0.3) is 11.1 Å². The molecule has 20 heavy (non-hydrogen) atoms. The summed E-state index contributed by atoms with van der Waals surface area (Å²) in [5.74, 6) is -0.0631. The van der Waals surface area contributed by atoms with Crippen LogP contribution in [-0.2, 0) is 11.8 Å². The number of carbonyl (C=O) groups excluding carboxylic acids is 1. The van der Waals surface area contributed by atoms with Gasteiger partial charge < -0.3 is 10.1 Å². The summed E-state index contributed by atoms with van der Waals surface area (Å²) in [5.41, 5.74) is 2.65. The quantitative estimate of drug-likeness (QED) is 0.817. The molecular weight excluding hydrogens is 254 g/mol. The molecule has 0 aliphatic carbocycles. The molecule has 1 aromatic carbocycles. The maximum Gasteiger partial charge on any atom is 0.251 e. The fraction of sp³-hybridized carbons (Fsp3) is 0.333. The number of nitrogens with zero attached hydrogens (tertiary/aromatic N) is 2. The number of ether oxygens (including phenoxy) is 1.